The Labute approximate surface area is 164 Å². The van der Waals surface area contributed by atoms with Gasteiger partial charge >= 0.3 is 0 Å². The number of anilines is 1. The van der Waals surface area contributed by atoms with E-state index < -0.39 is 10.8 Å². The summed E-state index contributed by atoms with van der Waals surface area (Å²) in [5.74, 6) is 0.221. The molecule has 0 aliphatic heterocycles. The summed E-state index contributed by atoms with van der Waals surface area (Å²) in [6.07, 6.45) is 0. The molecule has 0 atom stereocenters. The fraction of sp³-hybridized carbons (Fsp3) is 0.176. The molecule has 0 radical (unpaired) electrons. The van der Waals surface area contributed by atoms with Crippen molar-refractivity contribution in [1.29, 1.82) is 0 Å². The lowest BCUT2D eigenvalue weighted by atomic mass is 10.1. The zero-order valence-corrected chi connectivity index (χ0v) is 16.4. The quantitative estimate of drug-likeness (QED) is 0.418. The lowest BCUT2D eigenvalue weighted by Gasteiger charge is -2.12. The van der Waals surface area contributed by atoms with Gasteiger partial charge in [0.05, 0.1) is 10.6 Å². The van der Waals surface area contributed by atoms with Crippen molar-refractivity contribution in [2.45, 2.75) is 13.8 Å². The maximum Gasteiger partial charge on any atom is 0.270 e. The number of carbonyl (C=O) groups excluding carboxylic acids is 1. The Morgan fingerprint density at radius 2 is 2.00 bits per heavy atom. The molecule has 0 aliphatic rings. The van der Waals surface area contributed by atoms with Gasteiger partial charge < -0.3 is 10.1 Å². The molecule has 1 amide bonds. The molecule has 0 aromatic heterocycles. The zero-order valence-electron chi connectivity index (χ0n) is 14.0. The summed E-state index contributed by atoms with van der Waals surface area (Å²) < 4.78 is 5.97. The number of aryl methyl sites for hydroxylation is 2. The minimum atomic E-state index is -0.501. The van der Waals surface area contributed by atoms with Gasteiger partial charge in [-0.05, 0) is 65.3 Å². The van der Waals surface area contributed by atoms with Crippen LogP contribution in [-0.2, 0) is 4.79 Å². The Bertz CT molecular complexity index is 873. The average molecular weight is 438 g/mol. The van der Waals surface area contributed by atoms with E-state index in [4.69, 9.17) is 17.0 Å². The fourth-order valence-corrected chi connectivity index (χ4v) is 2.73. The van der Waals surface area contributed by atoms with Crippen LogP contribution < -0.4 is 15.4 Å². The minimum absolute atomic E-state index is 0.0562. The SMILES string of the molecule is Cc1ccc(C)c(OCC(=O)NC(=S)Nc2ccc([N+](=O)[O-])cc2Br)c1. The van der Waals surface area contributed by atoms with Gasteiger partial charge in [-0.1, -0.05) is 12.1 Å². The number of amides is 1. The molecule has 2 aromatic carbocycles. The molecule has 0 unspecified atom stereocenters. The molecule has 0 bridgehead atoms. The molecular weight excluding hydrogens is 422 g/mol. The Kier molecular flexibility index (Phi) is 6.64. The fourth-order valence-electron chi connectivity index (χ4n) is 2.04. The molecule has 0 saturated carbocycles. The monoisotopic (exact) mass is 437 g/mol. The van der Waals surface area contributed by atoms with Gasteiger partial charge in [0.15, 0.2) is 11.7 Å². The normalized spacial score (nSPS) is 10.1. The van der Waals surface area contributed by atoms with Crippen molar-refractivity contribution in [2.24, 2.45) is 0 Å². The Morgan fingerprint density at radius 3 is 2.65 bits per heavy atom. The first kappa shape index (κ1) is 19.8. The molecule has 0 aliphatic carbocycles. The predicted octanol–water partition coefficient (Wildman–Crippen LogP) is 3.87. The number of hydrogen-bond acceptors (Lipinski definition) is 5. The molecule has 2 rings (SSSR count). The molecule has 9 heteroatoms. The number of halogens is 1. The van der Waals surface area contributed by atoms with Gasteiger partial charge in [0.2, 0.25) is 0 Å². The van der Waals surface area contributed by atoms with Crippen LogP contribution in [-0.4, -0.2) is 22.5 Å². The molecule has 2 N–H and O–H groups in total. The number of nitrogens with one attached hydrogen (secondary N) is 2. The van der Waals surface area contributed by atoms with Gasteiger partial charge in [-0.25, -0.2) is 0 Å². The molecule has 136 valence electrons. The number of non-ortho nitro benzene ring substituents is 1. The van der Waals surface area contributed by atoms with Crippen molar-refractivity contribution < 1.29 is 14.5 Å². The smallest absolute Gasteiger partial charge is 0.270 e. The standard InChI is InChI=1S/C17H16BrN3O4S/c1-10-3-4-11(2)15(7-10)25-9-16(22)20-17(26)19-14-6-5-12(21(23)24)8-13(14)18/h3-8H,9H2,1-2H3,(H2,19,20,22,26). The van der Waals surface area contributed by atoms with Gasteiger partial charge in [0.1, 0.15) is 5.75 Å². The van der Waals surface area contributed by atoms with Crippen LogP contribution in [0.15, 0.2) is 40.9 Å². The summed E-state index contributed by atoms with van der Waals surface area (Å²) in [6, 6.07) is 9.91. The largest absolute Gasteiger partial charge is 0.483 e. The van der Waals surface area contributed by atoms with Crippen molar-refractivity contribution in [3.8, 4) is 5.75 Å². The Morgan fingerprint density at radius 1 is 1.27 bits per heavy atom. The summed E-state index contributed by atoms with van der Waals surface area (Å²) in [7, 11) is 0. The van der Waals surface area contributed by atoms with E-state index in [1.54, 1.807) is 0 Å². The van der Waals surface area contributed by atoms with Gasteiger partial charge in [0.25, 0.3) is 11.6 Å². The highest BCUT2D eigenvalue weighted by Crippen LogP contribution is 2.27. The maximum absolute atomic E-state index is 12.0. The number of nitrogens with zero attached hydrogens (tertiary/aromatic N) is 1. The van der Waals surface area contributed by atoms with Crippen LogP contribution in [0.25, 0.3) is 0 Å². The number of thiocarbonyl (C=S) groups is 1. The Hall–Kier alpha value is -2.52. The van der Waals surface area contributed by atoms with Crippen molar-refractivity contribution in [2.75, 3.05) is 11.9 Å². The first-order valence-corrected chi connectivity index (χ1v) is 8.71. The van der Waals surface area contributed by atoms with Crippen molar-refractivity contribution >= 4 is 50.5 Å². The maximum atomic E-state index is 12.0. The number of carbonyl (C=O) groups is 1. The van der Waals surface area contributed by atoms with E-state index in [2.05, 4.69) is 26.6 Å². The number of hydrogen-bond donors (Lipinski definition) is 2. The topological polar surface area (TPSA) is 93.5 Å². The van der Waals surface area contributed by atoms with Crippen LogP contribution in [0.5, 0.6) is 5.75 Å². The number of rotatable bonds is 5. The Balaban J connectivity index is 1.90. The zero-order chi connectivity index (χ0) is 19.3. The molecule has 2 aromatic rings. The number of nitro benzene ring substituents is 1. The molecule has 0 heterocycles. The van der Waals surface area contributed by atoms with E-state index >= 15 is 0 Å². The summed E-state index contributed by atoms with van der Waals surface area (Å²) in [6.45, 7) is 3.64. The van der Waals surface area contributed by atoms with Crippen molar-refractivity contribution in [3.63, 3.8) is 0 Å². The summed E-state index contributed by atoms with van der Waals surface area (Å²) in [5, 5.41) is 16.1. The highest BCUT2D eigenvalue weighted by molar-refractivity contribution is 9.10. The predicted molar refractivity (Wildman–Crippen MR) is 107 cm³/mol. The van der Waals surface area contributed by atoms with Gasteiger partial charge in [-0.15, -0.1) is 0 Å². The van der Waals surface area contributed by atoms with Gasteiger partial charge in [0, 0.05) is 16.6 Å². The third-order valence-electron chi connectivity index (χ3n) is 3.37. The van der Waals surface area contributed by atoms with Crippen LogP contribution in [0, 0.1) is 24.0 Å². The summed E-state index contributed by atoms with van der Waals surface area (Å²) >= 11 is 8.30. The summed E-state index contributed by atoms with van der Waals surface area (Å²) in [5.41, 5.74) is 2.40. The third kappa shape index (κ3) is 5.50. The number of ether oxygens (including phenoxy) is 1. The molecular formula is C17H16BrN3O4S. The van der Waals surface area contributed by atoms with Crippen LogP contribution in [0.4, 0.5) is 11.4 Å². The van der Waals surface area contributed by atoms with E-state index in [0.717, 1.165) is 11.1 Å². The highest BCUT2D eigenvalue weighted by Gasteiger charge is 2.12. The first-order valence-electron chi connectivity index (χ1n) is 7.51. The van der Waals surface area contributed by atoms with E-state index in [1.165, 1.54) is 18.2 Å². The van der Waals surface area contributed by atoms with Crippen molar-refractivity contribution in [1.82, 2.24) is 5.32 Å². The molecule has 0 fully saturated rings. The lowest BCUT2D eigenvalue weighted by molar-refractivity contribution is -0.384. The highest BCUT2D eigenvalue weighted by atomic mass is 79.9. The molecule has 0 spiro atoms. The number of benzene rings is 2. The number of nitro groups is 1. The van der Waals surface area contributed by atoms with Gasteiger partial charge in [-0.3, -0.25) is 20.2 Å². The van der Waals surface area contributed by atoms with E-state index in [0.29, 0.717) is 15.9 Å². The second-order valence-corrected chi connectivity index (χ2v) is 6.74. The van der Waals surface area contributed by atoms with E-state index in [1.807, 2.05) is 32.0 Å². The lowest BCUT2D eigenvalue weighted by Crippen LogP contribution is -2.37. The van der Waals surface area contributed by atoms with Crippen LogP contribution >= 0.6 is 28.1 Å². The molecule has 7 nitrogen and oxygen atoms in total. The second kappa shape index (κ2) is 8.72. The van der Waals surface area contributed by atoms with Crippen LogP contribution in [0.2, 0.25) is 0 Å². The van der Waals surface area contributed by atoms with E-state index in [9.17, 15) is 14.9 Å². The molecule has 26 heavy (non-hydrogen) atoms. The van der Waals surface area contributed by atoms with Crippen molar-refractivity contribution in [3.05, 3.63) is 62.1 Å². The minimum Gasteiger partial charge on any atom is -0.483 e. The van der Waals surface area contributed by atoms with E-state index in [-0.39, 0.29) is 17.4 Å². The first-order chi connectivity index (χ1) is 12.3. The van der Waals surface area contributed by atoms with Gasteiger partial charge in [-0.2, -0.15) is 0 Å². The van der Waals surface area contributed by atoms with Crippen LogP contribution in [0.3, 0.4) is 0 Å². The summed E-state index contributed by atoms with van der Waals surface area (Å²) in [4.78, 5) is 22.2. The third-order valence-corrected chi connectivity index (χ3v) is 4.23. The molecule has 0 saturated heterocycles. The average Bonchev–Trinajstić information content (AvgIpc) is 2.57. The second-order valence-electron chi connectivity index (χ2n) is 5.48. The van der Waals surface area contributed by atoms with Crippen LogP contribution in [0.1, 0.15) is 11.1 Å².